The van der Waals surface area contributed by atoms with Crippen LogP contribution in [0.4, 0.5) is 0 Å². The van der Waals surface area contributed by atoms with Crippen LogP contribution in [0.25, 0.3) is 0 Å². The van der Waals surface area contributed by atoms with Crippen molar-refractivity contribution in [3.63, 3.8) is 0 Å². The Morgan fingerprint density at radius 3 is 2.81 bits per heavy atom. The van der Waals surface area contributed by atoms with Gasteiger partial charge in [0.2, 0.25) is 0 Å². The molecule has 2 aliphatic rings. The van der Waals surface area contributed by atoms with Gasteiger partial charge in [-0.3, -0.25) is 9.67 Å². The highest BCUT2D eigenvalue weighted by atomic mass is 127. The summed E-state index contributed by atoms with van der Waals surface area (Å²) in [5.41, 5.74) is 1.34. The van der Waals surface area contributed by atoms with Gasteiger partial charge < -0.3 is 20.0 Å². The predicted octanol–water partition coefficient (Wildman–Crippen LogP) is 1.04. The zero-order valence-corrected chi connectivity index (χ0v) is 18.7. The van der Waals surface area contributed by atoms with Crippen molar-refractivity contribution >= 4 is 29.9 Å². The number of nitrogens with one attached hydrogen (secondary N) is 1. The van der Waals surface area contributed by atoms with Crippen LogP contribution < -0.4 is 5.32 Å². The summed E-state index contributed by atoms with van der Waals surface area (Å²) in [6.07, 6.45) is 6.58. The Kier molecular flexibility index (Phi) is 8.62. The first kappa shape index (κ1) is 21.4. The minimum atomic E-state index is 0. The van der Waals surface area contributed by atoms with Crippen LogP contribution in [-0.4, -0.2) is 96.9 Å². The molecule has 0 aromatic carbocycles. The third-order valence-corrected chi connectivity index (χ3v) is 5.42. The zero-order chi connectivity index (χ0) is 17.6. The maximum absolute atomic E-state index is 4.50. The fraction of sp³-hybridized carbons (Fsp3) is 0.778. The van der Waals surface area contributed by atoms with Crippen LogP contribution in [0.2, 0.25) is 0 Å². The van der Waals surface area contributed by atoms with Gasteiger partial charge in [0.25, 0.3) is 0 Å². The van der Waals surface area contributed by atoms with Gasteiger partial charge in [-0.05, 0) is 38.5 Å². The third kappa shape index (κ3) is 5.82. The quantitative estimate of drug-likeness (QED) is 0.401. The average molecular weight is 475 g/mol. The molecule has 0 amide bonds. The van der Waals surface area contributed by atoms with Crippen LogP contribution >= 0.6 is 24.0 Å². The highest BCUT2D eigenvalue weighted by Gasteiger charge is 2.26. The van der Waals surface area contributed by atoms with Gasteiger partial charge in [-0.2, -0.15) is 5.10 Å². The monoisotopic (exact) mass is 475 g/mol. The lowest BCUT2D eigenvalue weighted by Crippen LogP contribution is -2.43. The van der Waals surface area contributed by atoms with Crippen LogP contribution in [-0.2, 0) is 7.05 Å². The van der Waals surface area contributed by atoms with Gasteiger partial charge in [0.1, 0.15) is 0 Å². The van der Waals surface area contributed by atoms with Gasteiger partial charge in [-0.25, -0.2) is 0 Å². The molecule has 2 saturated heterocycles. The number of aryl methyl sites for hydroxylation is 1. The van der Waals surface area contributed by atoms with Gasteiger partial charge in [0.05, 0.1) is 6.20 Å². The maximum atomic E-state index is 4.50. The van der Waals surface area contributed by atoms with E-state index in [9.17, 15) is 0 Å². The number of hydrogen-bond acceptors (Lipinski definition) is 4. The maximum Gasteiger partial charge on any atom is 0.193 e. The molecule has 7 nitrogen and oxygen atoms in total. The van der Waals surface area contributed by atoms with E-state index in [0.29, 0.717) is 5.92 Å². The molecule has 1 aromatic heterocycles. The van der Waals surface area contributed by atoms with E-state index >= 15 is 0 Å². The molecule has 8 heteroatoms. The number of likely N-dealkylation sites (N-methyl/N-ethyl adjacent to an activating group) is 1. The van der Waals surface area contributed by atoms with Crippen LogP contribution in [0, 0.1) is 0 Å². The molecule has 0 bridgehead atoms. The Bertz CT molecular complexity index is 574. The van der Waals surface area contributed by atoms with Crippen molar-refractivity contribution in [1.82, 2.24) is 29.8 Å². The van der Waals surface area contributed by atoms with Crippen LogP contribution in [0.5, 0.6) is 0 Å². The minimum absolute atomic E-state index is 0. The van der Waals surface area contributed by atoms with Crippen molar-refractivity contribution in [1.29, 1.82) is 0 Å². The molecule has 2 aliphatic heterocycles. The number of aromatic nitrogens is 2. The molecule has 0 spiro atoms. The molecule has 1 N–H and O–H groups in total. The topological polar surface area (TPSA) is 51.9 Å². The van der Waals surface area contributed by atoms with Crippen molar-refractivity contribution in [3.05, 3.63) is 18.0 Å². The molecule has 1 aromatic rings. The average Bonchev–Trinajstić information content (AvgIpc) is 3.20. The highest BCUT2D eigenvalue weighted by molar-refractivity contribution is 14.0. The predicted molar refractivity (Wildman–Crippen MR) is 117 cm³/mol. The molecule has 148 valence electrons. The van der Waals surface area contributed by atoms with E-state index < -0.39 is 0 Å². The molecule has 1 unspecified atom stereocenters. The summed E-state index contributed by atoms with van der Waals surface area (Å²) in [5.74, 6) is 1.60. The third-order valence-electron chi connectivity index (χ3n) is 5.42. The molecule has 2 fully saturated rings. The highest BCUT2D eigenvalue weighted by Crippen LogP contribution is 2.26. The van der Waals surface area contributed by atoms with E-state index in [1.54, 1.807) is 0 Å². The number of aliphatic imine (C=N–C) groups is 1. The first-order valence-electron chi connectivity index (χ1n) is 9.50. The number of rotatable bonds is 4. The normalized spacial score (nSPS) is 23.0. The summed E-state index contributed by atoms with van der Waals surface area (Å²) in [6.45, 7) is 8.91. The Morgan fingerprint density at radius 2 is 2.08 bits per heavy atom. The second kappa shape index (κ2) is 10.5. The first-order valence-corrected chi connectivity index (χ1v) is 9.50. The fourth-order valence-corrected chi connectivity index (χ4v) is 3.86. The Labute approximate surface area is 174 Å². The summed E-state index contributed by atoms with van der Waals surface area (Å²) in [4.78, 5) is 11.9. The summed E-state index contributed by atoms with van der Waals surface area (Å²) in [6, 6.07) is 0. The van der Waals surface area contributed by atoms with Gasteiger partial charge in [0.15, 0.2) is 5.96 Å². The molecule has 26 heavy (non-hydrogen) atoms. The number of nitrogens with zero attached hydrogens (tertiary/aromatic N) is 6. The SMILES string of the molecule is CN=C(NCCN1CCCN(C)CC1)N1CCC(c2cnn(C)c2)C1.I. The minimum Gasteiger partial charge on any atom is -0.355 e. The second-order valence-electron chi connectivity index (χ2n) is 7.35. The number of guanidine groups is 1. The van der Waals surface area contributed by atoms with E-state index in [4.69, 9.17) is 0 Å². The zero-order valence-electron chi connectivity index (χ0n) is 16.4. The molecule has 0 radical (unpaired) electrons. The molecule has 0 saturated carbocycles. The lowest BCUT2D eigenvalue weighted by Gasteiger charge is -2.24. The van der Waals surface area contributed by atoms with Gasteiger partial charge in [-0.1, -0.05) is 0 Å². The van der Waals surface area contributed by atoms with E-state index in [0.717, 1.165) is 32.1 Å². The fourth-order valence-electron chi connectivity index (χ4n) is 3.86. The lowest BCUT2D eigenvalue weighted by atomic mass is 10.0. The van der Waals surface area contributed by atoms with Gasteiger partial charge in [0, 0.05) is 65.5 Å². The number of hydrogen-bond donors (Lipinski definition) is 1. The number of halogens is 1. The molecule has 0 aliphatic carbocycles. The first-order chi connectivity index (χ1) is 12.2. The summed E-state index contributed by atoms with van der Waals surface area (Å²) in [5, 5.41) is 7.88. The molecule has 3 heterocycles. The molecule has 3 rings (SSSR count). The Morgan fingerprint density at radius 1 is 1.23 bits per heavy atom. The second-order valence-corrected chi connectivity index (χ2v) is 7.35. The Hall–Kier alpha value is -0.870. The number of likely N-dealkylation sites (tertiary alicyclic amines) is 1. The standard InChI is InChI=1S/C18H33N7.HI/c1-19-18(20-6-10-24-8-4-7-22(2)11-12-24)25-9-5-16(15-25)17-13-21-23(3)14-17;/h13-14,16H,4-12,15H2,1-3H3,(H,19,20);1H. The van der Waals surface area contributed by atoms with Crippen LogP contribution in [0.15, 0.2) is 17.4 Å². The largest absolute Gasteiger partial charge is 0.355 e. The van der Waals surface area contributed by atoms with E-state index in [1.807, 2.05) is 25.0 Å². The molecular weight excluding hydrogens is 441 g/mol. The van der Waals surface area contributed by atoms with Crippen LogP contribution in [0.3, 0.4) is 0 Å². The van der Waals surface area contributed by atoms with Crippen molar-refractivity contribution < 1.29 is 0 Å². The lowest BCUT2D eigenvalue weighted by molar-refractivity contribution is 0.279. The Balaban J connectivity index is 0.00000243. The van der Waals surface area contributed by atoms with Crippen molar-refractivity contribution in [2.45, 2.75) is 18.8 Å². The van der Waals surface area contributed by atoms with Gasteiger partial charge in [-0.15, -0.1) is 24.0 Å². The van der Waals surface area contributed by atoms with E-state index in [-0.39, 0.29) is 24.0 Å². The van der Waals surface area contributed by atoms with Crippen molar-refractivity contribution in [2.24, 2.45) is 12.0 Å². The van der Waals surface area contributed by atoms with E-state index in [1.165, 1.54) is 44.6 Å². The summed E-state index contributed by atoms with van der Waals surface area (Å²) < 4.78 is 1.89. The van der Waals surface area contributed by atoms with Crippen molar-refractivity contribution in [2.75, 3.05) is 66.5 Å². The summed E-state index contributed by atoms with van der Waals surface area (Å²) >= 11 is 0. The summed E-state index contributed by atoms with van der Waals surface area (Å²) in [7, 11) is 6.09. The smallest absolute Gasteiger partial charge is 0.193 e. The van der Waals surface area contributed by atoms with Crippen LogP contribution in [0.1, 0.15) is 24.3 Å². The molecule has 1 atom stereocenters. The van der Waals surface area contributed by atoms with E-state index in [2.05, 4.69) is 43.4 Å². The van der Waals surface area contributed by atoms with Crippen molar-refractivity contribution in [3.8, 4) is 0 Å². The molecular formula is C18H34IN7. The van der Waals surface area contributed by atoms with Gasteiger partial charge >= 0.3 is 0 Å².